The van der Waals surface area contributed by atoms with Gasteiger partial charge in [-0.05, 0) is 13.3 Å². The molecule has 2 rings (SSSR count). The first kappa shape index (κ1) is 13.4. The van der Waals surface area contributed by atoms with Crippen molar-refractivity contribution in [2.75, 3.05) is 32.4 Å². The van der Waals surface area contributed by atoms with E-state index >= 15 is 0 Å². The molecule has 1 saturated heterocycles. The standard InChI is InChI=1S/C12H19N5O2/c1-3-17-7-9(13)11(14-17)12(19)16-6-4-5-15(2)10(18)8-16/h7H,3-6,8,13H2,1-2H3. The van der Waals surface area contributed by atoms with Crippen molar-refractivity contribution in [3.05, 3.63) is 11.9 Å². The van der Waals surface area contributed by atoms with E-state index in [1.165, 1.54) is 4.90 Å². The Morgan fingerprint density at radius 1 is 1.47 bits per heavy atom. The molecule has 7 heteroatoms. The van der Waals surface area contributed by atoms with Crippen LogP contribution in [0.1, 0.15) is 23.8 Å². The number of carbonyl (C=O) groups is 2. The lowest BCUT2D eigenvalue weighted by Gasteiger charge is -2.18. The average molecular weight is 265 g/mol. The van der Waals surface area contributed by atoms with Crippen LogP contribution in [0.25, 0.3) is 0 Å². The summed E-state index contributed by atoms with van der Waals surface area (Å²) in [6, 6.07) is 0. The summed E-state index contributed by atoms with van der Waals surface area (Å²) in [4.78, 5) is 27.3. The highest BCUT2D eigenvalue weighted by Crippen LogP contribution is 2.14. The molecule has 0 aromatic carbocycles. The van der Waals surface area contributed by atoms with E-state index in [0.717, 1.165) is 6.42 Å². The van der Waals surface area contributed by atoms with Crippen molar-refractivity contribution < 1.29 is 9.59 Å². The van der Waals surface area contributed by atoms with Gasteiger partial charge in [-0.1, -0.05) is 0 Å². The van der Waals surface area contributed by atoms with Crippen LogP contribution in [0, 0.1) is 0 Å². The predicted octanol–water partition coefficient (Wildman–Crippen LogP) is -0.210. The highest BCUT2D eigenvalue weighted by atomic mass is 16.2. The number of nitrogens with zero attached hydrogens (tertiary/aromatic N) is 4. The van der Waals surface area contributed by atoms with E-state index in [-0.39, 0.29) is 24.1 Å². The van der Waals surface area contributed by atoms with Crippen molar-refractivity contribution in [3.8, 4) is 0 Å². The average Bonchev–Trinajstić information content (AvgIpc) is 2.68. The molecular weight excluding hydrogens is 246 g/mol. The Labute approximate surface area is 111 Å². The van der Waals surface area contributed by atoms with Gasteiger partial charge < -0.3 is 15.5 Å². The first-order chi connectivity index (χ1) is 9.02. The third kappa shape index (κ3) is 2.69. The number of anilines is 1. The fourth-order valence-corrected chi connectivity index (χ4v) is 2.07. The second kappa shape index (κ2) is 5.29. The summed E-state index contributed by atoms with van der Waals surface area (Å²) in [5, 5.41) is 4.15. The zero-order chi connectivity index (χ0) is 14.0. The maximum absolute atomic E-state index is 12.4. The van der Waals surface area contributed by atoms with Gasteiger partial charge in [-0.3, -0.25) is 14.3 Å². The fraction of sp³-hybridized carbons (Fsp3) is 0.583. The van der Waals surface area contributed by atoms with Gasteiger partial charge in [-0.15, -0.1) is 0 Å². The van der Waals surface area contributed by atoms with Crippen molar-refractivity contribution in [1.29, 1.82) is 0 Å². The molecule has 1 aromatic heterocycles. The molecule has 19 heavy (non-hydrogen) atoms. The van der Waals surface area contributed by atoms with E-state index in [1.807, 2.05) is 6.92 Å². The van der Waals surface area contributed by atoms with Crippen molar-refractivity contribution >= 4 is 17.5 Å². The summed E-state index contributed by atoms with van der Waals surface area (Å²) in [7, 11) is 1.75. The third-order valence-electron chi connectivity index (χ3n) is 3.28. The molecule has 0 saturated carbocycles. The van der Waals surface area contributed by atoms with E-state index in [0.29, 0.717) is 25.3 Å². The topological polar surface area (TPSA) is 84.5 Å². The number of hydrogen-bond acceptors (Lipinski definition) is 4. The van der Waals surface area contributed by atoms with E-state index in [4.69, 9.17) is 5.73 Å². The zero-order valence-corrected chi connectivity index (χ0v) is 11.3. The van der Waals surface area contributed by atoms with Crippen LogP contribution in [0.5, 0.6) is 0 Å². The SMILES string of the molecule is CCn1cc(N)c(C(=O)N2CCCN(C)C(=O)C2)n1. The van der Waals surface area contributed by atoms with Crippen LogP contribution >= 0.6 is 0 Å². The van der Waals surface area contributed by atoms with Gasteiger partial charge in [-0.2, -0.15) is 5.10 Å². The van der Waals surface area contributed by atoms with Crippen molar-refractivity contribution in [1.82, 2.24) is 19.6 Å². The summed E-state index contributed by atoms with van der Waals surface area (Å²) in [6.45, 7) is 3.88. The van der Waals surface area contributed by atoms with Gasteiger partial charge in [0.15, 0.2) is 5.69 Å². The minimum absolute atomic E-state index is 0.0562. The number of nitrogen functional groups attached to an aromatic ring is 1. The number of nitrogens with two attached hydrogens (primary N) is 1. The van der Waals surface area contributed by atoms with E-state index < -0.39 is 0 Å². The van der Waals surface area contributed by atoms with Crippen LogP contribution in [0.2, 0.25) is 0 Å². The summed E-state index contributed by atoms with van der Waals surface area (Å²) in [5.41, 5.74) is 6.39. The van der Waals surface area contributed by atoms with Crippen LogP contribution in [-0.2, 0) is 11.3 Å². The number of aryl methyl sites for hydroxylation is 1. The van der Waals surface area contributed by atoms with Crippen LogP contribution in [0.15, 0.2) is 6.20 Å². The minimum atomic E-state index is -0.270. The van der Waals surface area contributed by atoms with Crippen LogP contribution in [0.4, 0.5) is 5.69 Å². The van der Waals surface area contributed by atoms with Crippen LogP contribution in [0.3, 0.4) is 0 Å². The van der Waals surface area contributed by atoms with Gasteiger partial charge in [0, 0.05) is 32.9 Å². The van der Waals surface area contributed by atoms with Crippen LogP contribution < -0.4 is 5.73 Å². The molecule has 2 heterocycles. The Hall–Kier alpha value is -2.05. The number of likely N-dealkylation sites (N-methyl/N-ethyl adjacent to an activating group) is 1. The number of hydrogen-bond donors (Lipinski definition) is 1. The first-order valence-electron chi connectivity index (χ1n) is 6.39. The Bertz CT molecular complexity index is 496. The minimum Gasteiger partial charge on any atom is -0.396 e. The molecule has 1 aromatic rings. The molecule has 1 aliphatic rings. The largest absolute Gasteiger partial charge is 0.396 e. The molecule has 2 amide bonds. The maximum atomic E-state index is 12.4. The van der Waals surface area contributed by atoms with E-state index in [1.54, 1.807) is 22.8 Å². The normalized spacial score (nSPS) is 16.6. The summed E-state index contributed by atoms with van der Waals surface area (Å²) in [5.74, 6) is -0.326. The van der Waals surface area contributed by atoms with Gasteiger partial charge in [0.05, 0.1) is 5.69 Å². The third-order valence-corrected chi connectivity index (χ3v) is 3.28. The summed E-state index contributed by atoms with van der Waals surface area (Å²) in [6.07, 6.45) is 2.40. The molecule has 2 N–H and O–H groups in total. The van der Waals surface area contributed by atoms with Gasteiger partial charge in [0.25, 0.3) is 5.91 Å². The molecule has 1 fully saturated rings. The molecule has 0 unspecified atom stereocenters. The molecule has 0 atom stereocenters. The first-order valence-corrected chi connectivity index (χ1v) is 6.39. The lowest BCUT2D eigenvalue weighted by atomic mass is 10.3. The van der Waals surface area contributed by atoms with Gasteiger partial charge in [-0.25, -0.2) is 0 Å². The second-order valence-corrected chi connectivity index (χ2v) is 4.68. The Balaban J connectivity index is 2.18. The molecule has 104 valence electrons. The van der Waals surface area contributed by atoms with Crippen LogP contribution in [-0.4, -0.2) is 58.1 Å². The summed E-state index contributed by atoms with van der Waals surface area (Å²) < 4.78 is 1.62. The Morgan fingerprint density at radius 3 is 2.84 bits per heavy atom. The van der Waals surface area contributed by atoms with Crippen molar-refractivity contribution in [2.24, 2.45) is 0 Å². The smallest absolute Gasteiger partial charge is 0.276 e. The van der Waals surface area contributed by atoms with Crippen molar-refractivity contribution in [3.63, 3.8) is 0 Å². The second-order valence-electron chi connectivity index (χ2n) is 4.68. The fourth-order valence-electron chi connectivity index (χ4n) is 2.07. The molecule has 7 nitrogen and oxygen atoms in total. The predicted molar refractivity (Wildman–Crippen MR) is 70.5 cm³/mol. The highest BCUT2D eigenvalue weighted by molar-refractivity contribution is 5.99. The molecule has 0 radical (unpaired) electrons. The molecule has 0 bridgehead atoms. The molecular formula is C12H19N5O2. The zero-order valence-electron chi connectivity index (χ0n) is 11.3. The van der Waals surface area contributed by atoms with Gasteiger partial charge in [0.2, 0.25) is 5.91 Å². The maximum Gasteiger partial charge on any atom is 0.276 e. The van der Waals surface area contributed by atoms with E-state index in [9.17, 15) is 9.59 Å². The monoisotopic (exact) mass is 265 g/mol. The lowest BCUT2D eigenvalue weighted by molar-refractivity contribution is -0.129. The molecule has 0 spiro atoms. The van der Waals surface area contributed by atoms with Crippen molar-refractivity contribution in [2.45, 2.75) is 19.9 Å². The molecule has 0 aliphatic carbocycles. The van der Waals surface area contributed by atoms with E-state index in [2.05, 4.69) is 5.10 Å². The van der Waals surface area contributed by atoms with Gasteiger partial charge >= 0.3 is 0 Å². The number of amides is 2. The summed E-state index contributed by atoms with van der Waals surface area (Å²) >= 11 is 0. The number of aromatic nitrogens is 2. The molecule has 1 aliphatic heterocycles. The Morgan fingerprint density at radius 2 is 2.21 bits per heavy atom. The quantitative estimate of drug-likeness (QED) is 0.802. The Kier molecular flexibility index (Phi) is 3.73. The number of rotatable bonds is 2. The number of carbonyl (C=O) groups excluding carboxylic acids is 2. The highest BCUT2D eigenvalue weighted by Gasteiger charge is 2.26. The lowest BCUT2D eigenvalue weighted by Crippen LogP contribution is -2.38. The van der Waals surface area contributed by atoms with Gasteiger partial charge in [0.1, 0.15) is 6.54 Å².